The second-order valence-corrected chi connectivity index (χ2v) is 5.59. The zero-order valence-corrected chi connectivity index (χ0v) is 10.9. The van der Waals surface area contributed by atoms with Gasteiger partial charge in [-0.1, -0.05) is 20.8 Å². The van der Waals surface area contributed by atoms with Crippen molar-refractivity contribution in [1.82, 2.24) is 0 Å². The van der Waals surface area contributed by atoms with E-state index in [2.05, 4.69) is 0 Å². The third-order valence-electron chi connectivity index (χ3n) is 3.01. The summed E-state index contributed by atoms with van der Waals surface area (Å²) in [4.78, 5) is 10.0. The molecule has 5 heteroatoms. The summed E-state index contributed by atoms with van der Waals surface area (Å²) in [6.45, 7) is 6.10. The Kier molecular flexibility index (Phi) is 4.40. The van der Waals surface area contributed by atoms with Crippen molar-refractivity contribution in [2.75, 3.05) is 0 Å². The molecule has 0 spiro atoms. The molecule has 4 nitrogen and oxygen atoms in total. The first kappa shape index (κ1) is 14.6. The number of nitrogens with zero attached hydrogens (tertiary/aromatic N) is 1. The van der Waals surface area contributed by atoms with Crippen LogP contribution in [0.25, 0.3) is 0 Å². The van der Waals surface area contributed by atoms with Gasteiger partial charge in [0.15, 0.2) is 0 Å². The van der Waals surface area contributed by atoms with Crippen LogP contribution in [0.15, 0.2) is 18.2 Å². The van der Waals surface area contributed by atoms with Crippen LogP contribution in [0.5, 0.6) is 0 Å². The molecule has 100 valence electrons. The Morgan fingerprint density at radius 1 is 1.39 bits per heavy atom. The normalized spacial score (nSPS) is 13.4. The number of rotatable bonds is 4. The monoisotopic (exact) mass is 254 g/mol. The van der Waals surface area contributed by atoms with Gasteiger partial charge in [-0.25, -0.2) is 4.39 Å². The third kappa shape index (κ3) is 4.07. The molecule has 0 aliphatic rings. The van der Waals surface area contributed by atoms with Crippen molar-refractivity contribution in [2.24, 2.45) is 11.1 Å². The van der Waals surface area contributed by atoms with Gasteiger partial charge in [0.2, 0.25) is 0 Å². The summed E-state index contributed by atoms with van der Waals surface area (Å²) in [5, 5.41) is 10.6. The van der Waals surface area contributed by atoms with Crippen LogP contribution in [0.1, 0.15) is 32.8 Å². The zero-order chi connectivity index (χ0) is 13.9. The van der Waals surface area contributed by atoms with Gasteiger partial charge >= 0.3 is 0 Å². The Balaban J connectivity index is 2.77. The summed E-state index contributed by atoms with van der Waals surface area (Å²) in [6.07, 6.45) is 1.21. The first-order valence-corrected chi connectivity index (χ1v) is 5.89. The molecule has 0 bridgehead atoms. The number of non-ortho nitro benzene ring substituents is 1. The summed E-state index contributed by atoms with van der Waals surface area (Å²) < 4.78 is 13.2. The SMILES string of the molecule is CC(C)(C)C(N)CCc1cc(F)cc([N+](=O)[O-])c1. The predicted octanol–water partition coefficient (Wildman–Crippen LogP) is 3.04. The van der Waals surface area contributed by atoms with Gasteiger partial charge < -0.3 is 5.73 Å². The summed E-state index contributed by atoms with van der Waals surface area (Å²) in [6, 6.07) is 3.62. The molecular formula is C13H19FN2O2. The molecule has 18 heavy (non-hydrogen) atoms. The Morgan fingerprint density at radius 3 is 2.50 bits per heavy atom. The Bertz CT molecular complexity index is 441. The molecule has 0 aliphatic heterocycles. The molecule has 0 aliphatic carbocycles. The number of nitrogens with two attached hydrogens (primary N) is 1. The molecule has 0 radical (unpaired) electrons. The van der Waals surface area contributed by atoms with Crippen molar-refractivity contribution in [1.29, 1.82) is 0 Å². The minimum Gasteiger partial charge on any atom is -0.327 e. The molecular weight excluding hydrogens is 235 g/mol. The van der Waals surface area contributed by atoms with Crippen LogP contribution in [0, 0.1) is 21.3 Å². The first-order valence-electron chi connectivity index (χ1n) is 5.89. The molecule has 1 rings (SSSR count). The minimum absolute atomic E-state index is 0.0279. The number of halogens is 1. The lowest BCUT2D eigenvalue weighted by Gasteiger charge is -2.26. The smallest absolute Gasteiger partial charge is 0.272 e. The van der Waals surface area contributed by atoms with E-state index in [9.17, 15) is 14.5 Å². The van der Waals surface area contributed by atoms with Crippen molar-refractivity contribution < 1.29 is 9.31 Å². The third-order valence-corrected chi connectivity index (χ3v) is 3.01. The highest BCUT2D eigenvalue weighted by Crippen LogP contribution is 2.23. The van der Waals surface area contributed by atoms with E-state index in [1.54, 1.807) is 0 Å². The quantitative estimate of drug-likeness (QED) is 0.663. The van der Waals surface area contributed by atoms with Crippen LogP contribution >= 0.6 is 0 Å². The van der Waals surface area contributed by atoms with Crippen molar-refractivity contribution in [2.45, 2.75) is 39.7 Å². The molecule has 0 saturated heterocycles. The number of nitro benzene ring substituents is 1. The standard InChI is InChI=1S/C13H19FN2O2/c1-13(2,3)12(15)5-4-9-6-10(14)8-11(7-9)16(17)18/h6-8,12H,4-5,15H2,1-3H3. The number of aryl methyl sites for hydroxylation is 1. The first-order chi connectivity index (χ1) is 8.20. The van der Waals surface area contributed by atoms with Crippen LogP contribution in [-0.2, 0) is 6.42 Å². The van der Waals surface area contributed by atoms with Gasteiger partial charge in [0, 0.05) is 12.1 Å². The van der Waals surface area contributed by atoms with Crippen molar-refractivity contribution >= 4 is 5.69 Å². The molecule has 1 unspecified atom stereocenters. The number of nitro groups is 1. The Hall–Kier alpha value is -1.49. The lowest BCUT2D eigenvalue weighted by atomic mass is 9.84. The Labute approximate surface area is 106 Å². The molecule has 0 aromatic heterocycles. The second-order valence-electron chi connectivity index (χ2n) is 5.59. The lowest BCUT2D eigenvalue weighted by molar-refractivity contribution is -0.385. The summed E-state index contributed by atoms with van der Waals surface area (Å²) in [5.41, 5.74) is 6.38. The van der Waals surface area contributed by atoms with Crippen LogP contribution in [0.3, 0.4) is 0 Å². The maximum Gasteiger partial charge on any atom is 0.272 e. The zero-order valence-electron chi connectivity index (χ0n) is 10.9. The van der Waals surface area contributed by atoms with E-state index in [1.807, 2.05) is 20.8 Å². The van der Waals surface area contributed by atoms with E-state index in [1.165, 1.54) is 12.1 Å². The van der Waals surface area contributed by atoms with Crippen molar-refractivity contribution in [3.63, 3.8) is 0 Å². The summed E-state index contributed by atoms with van der Waals surface area (Å²) >= 11 is 0. The van der Waals surface area contributed by atoms with Crippen LogP contribution in [0.4, 0.5) is 10.1 Å². The van der Waals surface area contributed by atoms with E-state index >= 15 is 0 Å². The molecule has 1 aromatic carbocycles. The summed E-state index contributed by atoms with van der Waals surface area (Å²) in [5.74, 6) is -0.580. The minimum atomic E-state index is -0.587. The van der Waals surface area contributed by atoms with Crippen LogP contribution < -0.4 is 5.73 Å². The highest BCUT2D eigenvalue weighted by atomic mass is 19.1. The molecule has 0 heterocycles. The average Bonchev–Trinajstić information content (AvgIpc) is 2.23. The summed E-state index contributed by atoms with van der Waals surface area (Å²) in [7, 11) is 0. The van der Waals surface area contributed by atoms with Gasteiger partial charge in [-0.2, -0.15) is 0 Å². The fraction of sp³-hybridized carbons (Fsp3) is 0.538. The molecule has 2 N–H and O–H groups in total. The lowest BCUT2D eigenvalue weighted by Crippen LogP contribution is -2.35. The highest BCUT2D eigenvalue weighted by molar-refractivity contribution is 5.35. The largest absolute Gasteiger partial charge is 0.327 e. The fourth-order valence-electron chi connectivity index (χ4n) is 1.64. The number of hydrogen-bond donors (Lipinski definition) is 1. The highest BCUT2D eigenvalue weighted by Gasteiger charge is 2.20. The van der Waals surface area contributed by atoms with Crippen molar-refractivity contribution in [3.05, 3.63) is 39.7 Å². The topological polar surface area (TPSA) is 69.2 Å². The molecule has 1 atom stereocenters. The number of hydrogen-bond acceptors (Lipinski definition) is 3. The molecule has 0 fully saturated rings. The van der Waals surface area contributed by atoms with Crippen LogP contribution in [0.2, 0.25) is 0 Å². The van der Waals surface area contributed by atoms with Crippen molar-refractivity contribution in [3.8, 4) is 0 Å². The van der Waals surface area contributed by atoms with Gasteiger partial charge in [-0.15, -0.1) is 0 Å². The van der Waals surface area contributed by atoms with Gasteiger partial charge in [-0.05, 0) is 29.9 Å². The molecule has 0 saturated carbocycles. The maximum absolute atomic E-state index is 13.2. The number of benzene rings is 1. The van der Waals surface area contributed by atoms with E-state index < -0.39 is 10.7 Å². The second kappa shape index (κ2) is 5.44. The molecule has 0 amide bonds. The van der Waals surface area contributed by atoms with Gasteiger partial charge in [-0.3, -0.25) is 10.1 Å². The van der Waals surface area contributed by atoms with E-state index in [-0.39, 0.29) is 17.1 Å². The predicted molar refractivity (Wildman–Crippen MR) is 68.8 cm³/mol. The Morgan fingerprint density at radius 2 is 2.00 bits per heavy atom. The van der Waals surface area contributed by atoms with E-state index in [4.69, 9.17) is 5.73 Å². The molecule has 1 aromatic rings. The maximum atomic E-state index is 13.2. The van der Waals surface area contributed by atoms with Gasteiger partial charge in [0.05, 0.1) is 11.0 Å². The van der Waals surface area contributed by atoms with Gasteiger partial charge in [0.1, 0.15) is 5.82 Å². The average molecular weight is 254 g/mol. The van der Waals surface area contributed by atoms with E-state index in [0.29, 0.717) is 18.4 Å². The fourth-order valence-corrected chi connectivity index (χ4v) is 1.64. The van der Waals surface area contributed by atoms with E-state index in [0.717, 1.165) is 6.07 Å². The van der Waals surface area contributed by atoms with Crippen LogP contribution in [-0.4, -0.2) is 11.0 Å². The van der Waals surface area contributed by atoms with Gasteiger partial charge in [0.25, 0.3) is 5.69 Å².